The van der Waals surface area contributed by atoms with Gasteiger partial charge in [-0.25, -0.2) is 0 Å². The maximum absolute atomic E-state index is 12.2. The van der Waals surface area contributed by atoms with Gasteiger partial charge in [0.15, 0.2) is 0 Å². The molecule has 1 aliphatic carbocycles. The van der Waals surface area contributed by atoms with Gasteiger partial charge in [-0.1, -0.05) is 42.5 Å². The second-order valence-electron chi connectivity index (χ2n) is 5.96. The zero-order valence-corrected chi connectivity index (χ0v) is 13.1. The van der Waals surface area contributed by atoms with Crippen molar-refractivity contribution in [1.29, 1.82) is 0 Å². The summed E-state index contributed by atoms with van der Waals surface area (Å²) in [4.78, 5) is 23.3. The van der Waals surface area contributed by atoms with Gasteiger partial charge in [-0.3, -0.25) is 9.59 Å². The summed E-state index contributed by atoms with van der Waals surface area (Å²) in [5, 5.41) is 5.73. The molecule has 0 heterocycles. The number of hydrogen-bond donors (Lipinski definition) is 2. The normalized spacial score (nSPS) is 19.0. The highest BCUT2D eigenvalue weighted by atomic mass is 16.2. The predicted octanol–water partition coefficient (Wildman–Crippen LogP) is 3.06. The largest absolute Gasteiger partial charge is 0.352 e. The van der Waals surface area contributed by atoms with Crippen LogP contribution >= 0.6 is 0 Å². The molecule has 3 rings (SSSR count). The number of nitrogens with one attached hydrogen (secondary N) is 2. The van der Waals surface area contributed by atoms with Gasteiger partial charge in [-0.15, -0.1) is 0 Å². The van der Waals surface area contributed by atoms with Gasteiger partial charge in [0.1, 0.15) is 0 Å². The van der Waals surface area contributed by atoms with Gasteiger partial charge < -0.3 is 10.6 Å². The average Bonchev–Trinajstić information content (AvgIpc) is 3.34. The van der Waals surface area contributed by atoms with Crippen LogP contribution in [0, 0.1) is 5.92 Å². The lowest BCUT2D eigenvalue weighted by molar-refractivity contribution is -0.122. The van der Waals surface area contributed by atoms with E-state index in [1.54, 1.807) is 0 Å². The van der Waals surface area contributed by atoms with Crippen molar-refractivity contribution >= 4 is 17.5 Å². The fraction of sp³-hybridized carbons (Fsp3) is 0.263. The van der Waals surface area contributed by atoms with Crippen molar-refractivity contribution in [1.82, 2.24) is 5.32 Å². The van der Waals surface area contributed by atoms with Crippen LogP contribution in [0.3, 0.4) is 0 Å². The molecule has 118 valence electrons. The molecule has 1 aliphatic rings. The summed E-state index contributed by atoms with van der Waals surface area (Å²) < 4.78 is 0. The highest BCUT2D eigenvalue weighted by Crippen LogP contribution is 2.47. The van der Waals surface area contributed by atoms with E-state index in [-0.39, 0.29) is 17.7 Å². The number of benzene rings is 2. The van der Waals surface area contributed by atoms with Crippen molar-refractivity contribution in [2.45, 2.75) is 25.8 Å². The minimum Gasteiger partial charge on any atom is -0.352 e. The topological polar surface area (TPSA) is 58.2 Å². The van der Waals surface area contributed by atoms with E-state index in [1.807, 2.05) is 42.5 Å². The van der Waals surface area contributed by atoms with Gasteiger partial charge in [-0.05, 0) is 35.6 Å². The Hall–Kier alpha value is -2.62. The van der Waals surface area contributed by atoms with Crippen LogP contribution in [0.15, 0.2) is 54.6 Å². The Bertz CT molecular complexity index is 712. The molecule has 2 atom stereocenters. The molecule has 4 nitrogen and oxygen atoms in total. The molecule has 2 aromatic rings. The zero-order valence-electron chi connectivity index (χ0n) is 13.1. The van der Waals surface area contributed by atoms with Crippen LogP contribution in [0.1, 0.15) is 30.4 Å². The lowest BCUT2D eigenvalue weighted by atomic mass is 10.1. The van der Waals surface area contributed by atoms with Crippen LogP contribution in [0.5, 0.6) is 0 Å². The van der Waals surface area contributed by atoms with Crippen LogP contribution in [0.25, 0.3) is 0 Å². The number of anilines is 1. The van der Waals surface area contributed by atoms with E-state index in [9.17, 15) is 9.59 Å². The molecule has 0 aliphatic heterocycles. The smallest absolute Gasteiger partial charge is 0.224 e. The molecule has 2 aromatic carbocycles. The standard InChI is InChI=1S/C19H20N2O2/c1-13(22)21-16-9-5-6-14(10-16)12-20-19(23)18-11-17(18)15-7-3-2-4-8-15/h2-10,17-18H,11-12H2,1H3,(H,20,23)(H,21,22)/t17-,18-/m1/s1. The third-order valence-electron chi connectivity index (χ3n) is 4.07. The van der Waals surface area contributed by atoms with Crippen molar-refractivity contribution in [2.24, 2.45) is 5.92 Å². The van der Waals surface area contributed by atoms with E-state index in [0.29, 0.717) is 12.5 Å². The molecule has 2 N–H and O–H groups in total. The number of amides is 2. The third-order valence-corrected chi connectivity index (χ3v) is 4.07. The lowest BCUT2D eigenvalue weighted by Crippen LogP contribution is -2.24. The molecular weight excluding hydrogens is 288 g/mol. The Morgan fingerprint density at radius 1 is 1.09 bits per heavy atom. The van der Waals surface area contributed by atoms with E-state index in [1.165, 1.54) is 12.5 Å². The Labute approximate surface area is 135 Å². The Morgan fingerprint density at radius 3 is 2.61 bits per heavy atom. The molecular formula is C19H20N2O2. The van der Waals surface area contributed by atoms with Gasteiger partial charge in [-0.2, -0.15) is 0 Å². The maximum Gasteiger partial charge on any atom is 0.224 e. The van der Waals surface area contributed by atoms with Crippen molar-refractivity contribution in [3.05, 3.63) is 65.7 Å². The van der Waals surface area contributed by atoms with Gasteiger partial charge in [0.2, 0.25) is 11.8 Å². The third kappa shape index (κ3) is 3.97. The Balaban J connectivity index is 1.53. The van der Waals surface area contributed by atoms with E-state index >= 15 is 0 Å². The minimum absolute atomic E-state index is 0.0796. The van der Waals surface area contributed by atoms with Crippen LogP contribution in [-0.4, -0.2) is 11.8 Å². The molecule has 23 heavy (non-hydrogen) atoms. The Kier molecular flexibility index (Phi) is 4.42. The van der Waals surface area contributed by atoms with Gasteiger partial charge in [0.25, 0.3) is 0 Å². The summed E-state index contributed by atoms with van der Waals surface area (Å²) in [5.74, 6) is 0.427. The molecule has 0 aromatic heterocycles. The fourth-order valence-corrected chi connectivity index (χ4v) is 2.84. The van der Waals surface area contributed by atoms with Crippen molar-refractivity contribution in [3.63, 3.8) is 0 Å². The summed E-state index contributed by atoms with van der Waals surface area (Å²) in [6.45, 7) is 1.95. The molecule has 1 saturated carbocycles. The van der Waals surface area contributed by atoms with Crippen molar-refractivity contribution in [3.8, 4) is 0 Å². The SMILES string of the molecule is CC(=O)Nc1cccc(CNC(=O)[C@@H]2C[C@@H]2c2ccccc2)c1. The number of carbonyl (C=O) groups excluding carboxylic acids is 2. The van der Waals surface area contributed by atoms with E-state index in [0.717, 1.165) is 17.7 Å². The minimum atomic E-state index is -0.102. The van der Waals surface area contributed by atoms with Crippen molar-refractivity contribution < 1.29 is 9.59 Å². The number of hydrogen-bond acceptors (Lipinski definition) is 2. The first-order valence-corrected chi connectivity index (χ1v) is 7.82. The molecule has 0 spiro atoms. The highest BCUT2D eigenvalue weighted by Gasteiger charge is 2.43. The van der Waals surface area contributed by atoms with E-state index in [2.05, 4.69) is 22.8 Å². The lowest BCUT2D eigenvalue weighted by Gasteiger charge is -2.08. The van der Waals surface area contributed by atoms with Crippen LogP contribution in [-0.2, 0) is 16.1 Å². The molecule has 2 amide bonds. The number of carbonyl (C=O) groups is 2. The first-order chi connectivity index (χ1) is 11.1. The first-order valence-electron chi connectivity index (χ1n) is 7.82. The summed E-state index contributed by atoms with van der Waals surface area (Å²) >= 11 is 0. The van der Waals surface area contributed by atoms with Crippen molar-refractivity contribution in [2.75, 3.05) is 5.32 Å². The second kappa shape index (κ2) is 6.65. The quantitative estimate of drug-likeness (QED) is 0.892. The zero-order chi connectivity index (χ0) is 16.2. The van der Waals surface area contributed by atoms with Crippen LogP contribution in [0.4, 0.5) is 5.69 Å². The molecule has 0 unspecified atom stereocenters. The molecule has 0 bridgehead atoms. The Morgan fingerprint density at radius 2 is 1.87 bits per heavy atom. The van der Waals surface area contributed by atoms with E-state index in [4.69, 9.17) is 0 Å². The first kappa shape index (κ1) is 15.3. The van der Waals surface area contributed by atoms with Gasteiger partial charge in [0, 0.05) is 25.1 Å². The molecule has 1 fully saturated rings. The van der Waals surface area contributed by atoms with Crippen LogP contribution in [0.2, 0.25) is 0 Å². The second-order valence-corrected chi connectivity index (χ2v) is 5.96. The van der Waals surface area contributed by atoms with Gasteiger partial charge in [0.05, 0.1) is 0 Å². The summed E-state index contributed by atoms with van der Waals surface area (Å²) in [6.07, 6.45) is 0.918. The maximum atomic E-state index is 12.2. The average molecular weight is 308 g/mol. The van der Waals surface area contributed by atoms with Crippen LogP contribution < -0.4 is 10.6 Å². The molecule has 4 heteroatoms. The molecule has 0 saturated heterocycles. The molecule has 0 radical (unpaired) electrons. The predicted molar refractivity (Wildman–Crippen MR) is 89.9 cm³/mol. The highest BCUT2D eigenvalue weighted by molar-refractivity contribution is 5.88. The summed E-state index contributed by atoms with van der Waals surface area (Å²) in [6, 6.07) is 17.7. The number of rotatable bonds is 5. The van der Waals surface area contributed by atoms with Gasteiger partial charge >= 0.3 is 0 Å². The monoisotopic (exact) mass is 308 g/mol. The summed E-state index contributed by atoms with van der Waals surface area (Å²) in [5.41, 5.74) is 2.96. The summed E-state index contributed by atoms with van der Waals surface area (Å²) in [7, 11) is 0. The fourth-order valence-electron chi connectivity index (χ4n) is 2.84. The van der Waals surface area contributed by atoms with E-state index < -0.39 is 0 Å².